The summed E-state index contributed by atoms with van der Waals surface area (Å²) in [4.78, 5) is 29.6. The SMILES string of the molecule is CCOc1ccc(N(CC(=O)N(Cc2ccccc2F)[C@@H](Cc2ccccc2)C(=O)NCC(C)C)S(=O)(=O)c2ccc(Br)cc2)cc1. The second-order valence-electron chi connectivity index (χ2n) is 11.4. The highest BCUT2D eigenvalue weighted by Gasteiger charge is 2.35. The predicted molar refractivity (Wildman–Crippen MR) is 185 cm³/mol. The van der Waals surface area contributed by atoms with Gasteiger partial charge in [0, 0.05) is 29.5 Å². The number of nitrogens with zero attached hydrogens (tertiary/aromatic N) is 2. The van der Waals surface area contributed by atoms with Crippen molar-refractivity contribution in [1.82, 2.24) is 10.2 Å². The zero-order chi connectivity index (χ0) is 34.0. The first-order chi connectivity index (χ1) is 22.5. The van der Waals surface area contributed by atoms with E-state index in [2.05, 4.69) is 21.2 Å². The van der Waals surface area contributed by atoms with Crippen LogP contribution in [0.15, 0.2) is 112 Å². The average Bonchev–Trinajstić information content (AvgIpc) is 3.06. The summed E-state index contributed by atoms with van der Waals surface area (Å²) in [5.41, 5.74) is 1.20. The summed E-state index contributed by atoms with van der Waals surface area (Å²) in [6, 6.07) is 26.6. The summed E-state index contributed by atoms with van der Waals surface area (Å²) in [5.74, 6) is -0.968. The van der Waals surface area contributed by atoms with E-state index in [1.807, 2.05) is 51.1 Å². The molecule has 4 rings (SSSR count). The molecule has 4 aromatic rings. The van der Waals surface area contributed by atoms with Gasteiger partial charge in [-0.1, -0.05) is 78.3 Å². The number of ether oxygens (including phenoxy) is 1. The van der Waals surface area contributed by atoms with Crippen LogP contribution in [0.5, 0.6) is 5.75 Å². The Labute approximate surface area is 284 Å². The summed E-state index contributed by atoms with van der Waals surface area (Å²) in [7, 11) is -4.28. The smallest absolute Gasteiger partial charge is 0.264 e. The van der Waals surface area contributed by atoms with Crippen molar-refractivity contribution in [3.05, 3.63) is 125 Å². The van der Waals surface area contributed by atoms with Crippen LogP contribution >= 0.6 is 15.9 Å². The van der Waals surface area contributed by atoms with E-state index in [4.69, 9.17) is 4.74 Å². The molecule has 0 aliphatic carbocycles. The molecule has 1 N–H and O–H groups in total. The van der Waals surface area contributed by atoms with Gasteiger partial charge in [-0.25, -0.2) is 12.8 Å². The van der Waals surface area contributed by atoms with Gasteiger partial charge in [-0.15, -0.1) is 0 Å². The monoisotopic (exact) mass is 723 g/mol. The van der Waals surface area contributed by atoms with Crippen LogP contribution in [-0.2, 0) is 32.6 Å². The molecule has 0 spiro atoms. The number of sulfonamides is 1. The Balaban J connectivity index is 1.80. The maximum Gasteiger partial charge on any atom is 0.264 e. The fraction of sp³-hybridized carbons (Fsp3) is 0.278. The molecule has 11 heteroatoms. The van der Waals surface area contributed by atoms with Crippen LogP contribution in [0.25, 0.3) is 0 Å². The molecule has 0 aliphatic heterocycles. The highest BCUT2D eigenvalue weighted by Crippen LogP contribution is 2.28. The van der Waals surface area contributed by atoms with Gasteiger partial charge >= 0.3 is 0 Å². The molecule has 4 aromatic carbocycles. The Morgan fingerprint density at radius 2 is 1.53 bits per heavy atom. The summed E-state index contributed by atoms with van der Waals surface area (Å²) in [6.07, 6.45) is 0.132. The van der Waals surface area contributed by atoms with Crippen molar-refractivity contribution >= 4 is 43.5 Å². The fourth-order valence-electron chi connectivity index (χ4n) is 4.92. The number of benzene rings is 4. The van der Waals surface area contributed by atoms with Crippen LogP contribution in [0, 0.1) is 11.7 Å². The van der Waals surface area contributed by atoms with Crippen LogP contribution < -0.4 is 14.4 Å². The van der Waals surface area contributed by atoms with Crippen molar-refractivity contribution in [2.24, 2.45) is 5.92 Å². The molecule has 0 unspecified atom stereocenters. The van der Waals surface area contributed by atoms with Crippen molar-refractivity contribution in [2.75, 3.05) is 24.0 Å². The Morgan fingerprint density at radius 1 is 0.894 bits per heavy atom. The average molecular weight is 725 g/mol. The van der Waals surface area contributed by atoms with Crippen molar-refractivity contribution in [3.63, 3.8) is 0 Å². The number of carbonyl (C=O) groups excluding carboxylic acids is 2. The minimum absolute atomic E-state index is 0.0291. The number of nitrogens with one attached hydrogen (secondary N) is 1. The molecular weight excluding hydrogens is 685 g/mol. The van der Waals surface area contributed by atoms with Crippen LogP contribution in [0.2, 0.25) is 0 Å². The highest BCUT2D eigenvalue weighted by molar-refractivity contribution is 9.10. The van der Waals surface area contributed by atoms with E-state index >= 15 is 4.39 Å². The topological polar surface area (TPSA) is 96.0 Å². The largest absolute Gasteiger partial charge is 0.494 e. The van der Waals surface area contributed by atoms with Crippen LogP contribution in [0.3, 0.4) is 0 Å². The maximum absolute atomic E-state index is 15.1. The molecule has 0 aliphatic rings. The zero-order valence-electron chi connectivity index (χ0n) is 26.6. The van der Waals surface area contributed by atoms with Gasteiger partial charge in [0.05, 0.1) is 17.2 Å². The number of anilines is 1. The number of halogens is 2. The Hall–Kier alpha value is -4.22. The number of amides is 2. The minimum Gasteiger partial charge on any atom is -0.494 e. The van der Waals surface area contributed by atoms with E-state index in [1.165, 1.54) is 23.1 Å². The van der Waals surface area contributed by atoms with E-state index < -0.39 is 40.2 Å². The molecule has 8 nitrogen and oxygen atoms in total. The molecule has 0 saturated heterocycles. The molecule has 1 atom stereocenters. The molecule has 0 bridgehead atoms. The Kier molecular flexibility index (Phi) is 12.6. The molecule has 0 heterocycles. The number of rotatable bonds is 15. The molecule has 248 valence electrons. The summed E-state index contributed by atoms with van der Waals surface area (Å²) >= 11 is 3.34. The zero-order valence-corrected chi connectivity index (χ0v) is 29.0. The maximum atomic E-state index is 15.1. The standard InChI is InChI=1S/C36H39BrFN3O5S/c1-4-46-31-18-16-30(17-19-31)41(47(44,45)32-20-14-29(37)15-21-32)25-35(42)40(24-28-12-8-9-13-33(28)38)34(36(43)39-23-26(2)3)22-27-10-6-5-7-11-27/h5-21,26,34H,4,22-25H2,1-3H3,(H,39,43)/t34-/m0/s1. The van der Waals surface area contributed by atoms with Crippen molar-refractivity contribution in [1.29, 1.82) is 0 Å². The third-order valence-electron chi connectivity index (χ3n) is 7.37. The summed E-state index contributed by atoms with van der Waals surface area (Å²) in [5, 5.41) is 2.93. The lowest BCUT2D eigenvalue weighted by Crippen LogP contribution is -2.53. The third-order valence-corrected chi connectivity index (χ3v) is 9.69. The van der Waals surface area contributed by atoms with Gasteiger partial charge in [-0.2, -0.15) is 0 Å². The number of hydrogen-bond donors (Lipinski definition) is 1. The van der Waals surface area contributed by atoms with Gasteiger partial charge in [-0.3, -0.25) is 13.9 Å². The van der Waals surface area contributed by atoms with Crippen molar-refractivity contribution in [2.45, 2.75) is 44.7 Å². The Morgan fingerprint density at radius 3 is 2.15 bits per heavy atom. The summed E-state index contributed by atoms with van der Waals surface area (Å²) in [6.45, 7) is 5.63. The lowest BCUT2D eigenvalue weighted by atomic mass is 10.0. The second kappa shape index (κ2) is 16.6. The van der Waals surface area contributed by atoms with Gasteiger partial charge in [0.15, 0.2) is 0 Å². The van der Waals surface area contributed by atoms with E-state index in [0.717, 1.165) is 9.87 Å². The molecule has 0 saturated carbocycles. The van der Waals surface area contributed by atoms with Gasteiger partial charge in [-0.05, 0) is 73.0 Å². The second-order valence-corrected chi connectivity index (χ2v) is 14.1. The minimum atomic E-state index is -4.28. The van der Waals surface area contributed by atoms with E-state index in [9.17, 15) is 18.0 Å². The van der Waals surface area contributed by atoms with Crippen LogP contribution in [-0.4, -0.2) is 50.9 Å². The van der Waals surface area contributed by atoms with Crippen molar-refractivity contribution < 1.29 is 27.1 Å². The predicted octanol–water partition coefficient (Wildman–Crippen LogP) is 6.59. The lowest BCUT2D eigenvalue weighted by Gasteiger charge is -2.34. The molecule has 47 heavy (non-hydrogen) atoms. The highest BCUT2D eigenvalue weighted by atomic mass is 79.9. The first kappa shape index (κ1) is 35.6. The number of hydrogen-bond acceptors (Lipinski definition) is 5. The van der Waals surface area contributed by atoms with Gasteiger partial charge in [0.25, 0.3) is 10.0 Å². The van der Waals surface area contributed by atoms with E-state index in [0.29, 0.717) is 23.4 Å². The van der Waals surface area contributed by atoms with Crippen LogP contribution in [0.4, 0.5) is 10.1 Å². The Bertz CT molecular complexity index is 1740. The molecular formula is C36H39BrFN3O5S. The first-order valence-electron chi connectivity index (χ1n) is 15.3. The normalized spacial score (nSPS) is 12.0. The van der Waals surface area contributed by atoms with Gasteiger partial charge < -0.3 is 15.0 Å². The van der Waals surface area contributed by atoms with Gasteiger partial charge in [0.1, 0.15) is 24.2 Å². The van der Waals surface area contributed by atoms with Crippen LogP contribution in [0.1, 0.15) is 31.9 Å². The molecule has 0 fully saturated rings. The quantitative estimate of drug-likeness (QED) is 0.149. The molecule has 0 radical (unpaired) electrons. The van der Waals surface area contributed by atoms with Crippen molar-refractivity contribution in [3.8, 4) is 5.75 Å². The summed E-state index contributed by atoms with van der Waals surface area (Å²) < 4.78 is 50.6. The lowest BCUT2D eigenvalue weighted by molar-refractivity contribution is -0.140. The molecule has 2 amide bonds. The molecule has 0 aromatic heterocycles. The third kappa shape index (κ3) is 9.65. The van der Waals surface area contributed by atoms with E-state index in [-0.39, 0.29) is 35.0 Å². The van der Waals surface area contributed by atoms with Gasteiger partial charge in [0.2, 0.25) is 11.8 Å². The first-order valence-corrected chi connectivity index (χ1v) is 17.6. The van der Waals surface area contributed by atoms with E-state index in [1.54, 1.807) is 54.6 Å². The fourth-order valence-corrected chi connectivity index (χ4v) is 6.60. The number of carbonyl (C=O) groups is 2.